The molecule has 2 aliphatic heterocycles. The molecule has 0 radical (unpaired) electrons. The number of nitrogens with zero attached hydrogens (tertiary/aromatic N) is 3. The summed E-state index contributed by atoms with van der Waals surface area (Å²) in [6, 6.07) is 7.00. The van der Waals surface area contributed by atoms with Gasteiger partial charge in [-0.2, -0.15) is 0 Å². The van der Waals surface area contributed by atoms with E-state index in [-0.39, 0.29) is 17.5 Å². The lowest BCUT2D eigenvalue weighted by Gasteiger charge is -2.59. The van der Waals surface area contributed by atoms with Crippen LogP contribution in [0.15, 0.2) is 24.3 Å². The molecule has 6 nitrogen and oxygen atoms in total. The average Bonchev–Trinajstić information content (AvgIpc) is 2.44. The molecule has 1 aromatic rings. The smallest absolute Gasteiger partial charge is 0.410 e. The van der Waals surface area contributed by atoms with Crippen LogP contribution >= 0.6 is 23.4 Å². The molecule has 0 N–H and O–H groups in total. The number of hydrogen-bond acceptors (Lipinski definition) is 3. The number of ether oxygens (including phenoxy) is 1. The van der Waals surface area contributed by atoms with Gasteiger partial charge in [0.1, 0.15) is 5.60 Å². The van der Waals surface area contributed by atoms with Crippen molar-refractivity contribution < 1.29 is 14.3 Å². The highest BCUT2D eigenvalue weighted by atomic mass is 35.5. The molecule has 26 heavy (non-hydrogen) atoms. The zero-order valence-electron chi connectivity index (χ0n) is 15.2. The van der Waals surface area contributed by atoms with E-state index < -0.39 is 5.60 Å². The minimum atomic E-state index is -0.498. The first-order valence-electron chi connectivity index (χ1n) is 8.52. The molecule has 0 unspecified atom stereocenters. The fourth-order valence-electron chi connectivity index (χ4n) is 3.29. The van der Waals surface area contributed by atoms with Crippen LogP contribution in [-0.2, 0) is 11.3 Å². The molecule has 2 saturated heterocycles. The first-order chi connectivity index (χ1) is 12.1. The van der Waals surface area contributed by atoms with Crippen molar-refractivity contribution in [2.24, 2.45) is 5.41 Å². The Morgan fingerprint density at radius 3 is 2.19 bits per heavy atom. The third kappa shape index (κ3) is 4.18. The number of hydrogen-bond donors (Lipinski definition) is 0. The van der Waals surface area contributed by atoms with Gasteiger partial charge in [-0.3, -0.25) is 0 Å². The Balaban J connectivity index is 1.44. The van der Waals surface area contributed by atoms with E-state index in [1.54, 1.807) is 21.9 Å². The maximum Gasteiger partial charge on any atom is 0.410 e. The molecule has 0 aromatic heterocycles. The van der Waals surface area contributed by atoms with Crippen molar-refractivity contribution in [1.29, 1.82) is 0 Å². The maximum atomic E-state index is 12.4. The lowest BCUT2D eigenvalue weighted by Crippen LogP contribution is -2.74. The summed E-state index contributed by atoms with van der Waals surface area (Å²) in [7, 11) is 0. The Kier molecular flexibility index (Phi) is 5.01. The maximum absolute atomic E-state index is 12.4. The summed E-state index contributed by atoms with van der Waals surface area (Å²) in [6.45, 7) is 8.30. The van der Waals surface area contributed by atoms with E-state index in [1.165, 1.54) is 4.42 Å². The molecule has 2 heterocycles. The largest absolute Gasteiger partial charge is 0.444 e. The van der Waals surface area contributed by atoms with Crippen LogP contribution in [-0.4, -0.2) is 58.1 Å². The highest BCUT2D eigenvalue weighted by Gasteiger charge is 2.55. The molecular formula is C18H23Cl2N3O3. The van der Waals surface area contributed by atoms with Gasteiger partial charge >= 0.3 is 12.1 Å². The summed E-state index contributed by atoms with van der Waals surface area (Å²) in [5, 5.41) is 0.644. The van der Waals surface area contributed by atoms with Gasteiger partial charge in [0, 0.05) is 48.4 Å². The summed E-state index contributed by atoms with van der Waals surface area (Å²) >= 11 is 12.0. The van der Waals surface area contributed by atoms with E-state index >= 15 is 0 Å². The second-order valence-corrected chi connectivity index (χ2v) is 8.97. The van der Waals surface area contributed by atoms with E-state index in [0.717, 1.165) is 5.56 Å². The quantitative estimate of drug-likeness (QED) is 0.706. The van der Waals surface area contributed by atoms with E-state index in [1.807, 2.05) is 32.9 Å². The number of rotatable bonds is 2. The van der Waals surface area contributed by atoms with Gasteiger partial charge in [0.05, 0.1) is 6.54 Å². The predicted octanol–water partition coefficient (Wildman–Crippen LogP) is 3.97. The molecule has 3 amide bonds. The zero-order chi connectivity index (χ0) is 19.1. The van der Waals surface area contributed by atoms with Crippen LogP contribution in [0.1, 0.15) is 26.3 Å². The van der Waals surface area contributed by atoms with Crippen LogP contribution in [0.2, 0.25) is 5.02 Å². The molecule has 1 spiro atoms. The number of carbonyl (C=O) groups excluding carboxylic acids is 2. The molecule has 142 valence electrons. The normalized spacial score (nSPS) is 18.2. The van der Waals surface area contributed by atoms with Crippen molar-refractivity contribution in [2.75, 3.05) is 26.2 Å². The van der Waals surface area contributed by atoms with Crippen molar-refractivity contribution in [3.63, 3.8) is 0 Å². The summed E-state index contributed by atoms with van der Waals surface area (Å²) in [5.74, 6) is 0. The molecule has 0 bridgehead atoms. The Bertz CT molecular complexity index is 689. The molecule has 0 saturated carbocycles. The minimum absolute atomic E-state index is 0.00936. The summed E-state index contributed by atoms with van der Waals surface area (Å²) < 4.78 is 6.54. The Morgan fingerprint density at radius 1 is 1.12 bits per heavy atom. The topological polar surface area (TPSA) is 53.1 Å². The molecular weight excluding hydrogens is 377 g/mol. The van der Waals surface area contributed by atoms with Crippen molar-refractivity contribution in [3.05, 3.63) is 34.9 Å². The van der Waals surface area contributed by atoms with Crippen LogP contribution < -0.4 is 0 Å². The number of likely N-dealkylation sites (tertiary alicyclic amines) is 2. The predicted molar refractivity (Wildman–Crippen MR) is 100 cm³/mol. The Labute approximate surface area is 163 Å². The van der Waals surface area contributed by atoms with Crippen molar-refractivity contribution in [1.82, 2.24) is 14.2 Å². The van der Waals surface area contributed by atoms with Crippen LogP contribution in [0, 0.1) is 5.41 Å². The van der Waals surface area contributed by atoms with E-state index in [0.29, 0.717) is 37.7 Å². The van der Waals surface area contributed by atoms with Crippen LogP contribution in [0.25, 0.3) is 0 Å². The molecule has 2 fully saturated rings. The van der Waals surface area contributed by atoms with Crippen LogP contribution in [0.4, 0.5) is 9.59 Å². The van der Waals surface area contributed by atoms with Crippen molar-refractivity contribution in [3.8, 4) is 0 Å². The summed E-state index contributed by atoms with van der Waals surface area (Å²) in [6.07, 6.45) is -0.297. The fourth-order valence-corrected chi connectivity index (χ4v) is 3.66. The van der Waals surface area contributed by atoms with E-state index in [9.17, 15) is 9.59 Å². The Morgan fingerprint density at radius 2 is 1.65 bits per heavy atom. The number of benzene rings is 1. The molecule has 0 aliphatic carbocycles. The van der Waals surface area contributed by atoms with Gasteiger partial charge in [-0.05, 0) is 38.5 Å². The van der Waals surface area contributed by atoms with E-state index in [2.05, 4.69) is 0 Å². The monoisotopic (exact) mass is 399 g/mol. The first kappa shape index (κ1) is 19.1. The van der Waals surface area contributed by atoms with Gasteiger partial charge in [-0.1, -0.05) is 23.7 Å². The van der Waals surface area contributed by atoms with Crippen LogP contribution in [0.5, 0.6) is 0 Å². The molecule has 0 atom stereocenters. The number of urea groups is 1. The SMILES string of the molecule is CC(C)(C)OC(=O)N1CC2(C1)CN(C(=O)N(Cl)Cc1ccc(Cl)cc1)C2. The zero-order valence-corrected chi connectivity index (χ0v) is 16.7. The standard InChI is InChI=1S/C18H23Cl2N3O3/c1-17(2,3)26-16(25)22-11-18(12-22)9-21(10-18)15(24)23(20)8-13-4-6-14(19)7-5-13/h4-7H,8-12H2,1-3H3. The average molecular weight is 400 g/mol. The van der Waals surface area contributed by atoms with Gasteiger partial charge in [-0.25, -0.2) is 14.0 Å². The fraction of sp³-hybridized carbons (Fsp3) is 0.556. The van der Waals surface area contributed by atoms with Gasteiger partial charge in [0.25, 0.3) is 0 Å². The number of carbonyl (C=O) groups is 2. The highest BCUT2D eigenvalue weighted by Crippen LogP contribution is 2.40. The first-order valence-corrected chi connectivity index (χ1v) is 9.23. The second kappa shape index (κ2) is 6.82. The van der Waals surface area contributed by atoms with Crippen molar-refractivity contribution >= 4 is 35.5 Å². The van der Waals surface area contributed by atoms with Crippen molar-refractivity contribution in [2.45, 2.75) is 32.9 Å². The molecule has 3 rings (SSSR count). The molecule has 2 aliphatic rings. The second-order valence-electron chi connectivity index (χ2n) is 8.12. The third-order valence-electron chi connectivity index (χ3n) is 4.47. The third-order valence-corrected chi connectivity index (χ3v) is 4.99. The number of amides is 3. The van der Waals surface area contributed by atoms with Gasteiger partial charge < -0.3 is 14.5 Å². The van der Waals surface area contributed by atoms with Gasteiger partial charge in [0.15, 0.2) is 0 Å². The lowest BCUT2D eigenvalue weighted by molar-refractivity contribution is -0.0970. The van der Waals surface area contributed by atoms with Gasteiger partial charge in [0.2, 0.25) is 0 Å². The molecule has 1 aromatic carbocycles. The Hall–Kier alpha value is -1.66. The minimum Gasteiger partial charge on any atom is -0.444 e. The van der Waals surface area contributed by atoms with Gasteiger partial charge in [-0.15, -0.1) is 0 Å². The highest BCUT2D eigenvalue weighted by molar-refractivity contribution is 6.30. The van der Waals surface area contributed by atoms with Crippen LogP contribution in [0.3, 0.4) is 0 Å². The van der Waals surface area contributed by atoms with E-state index in [4.69, 9.17) is 28.1 Å². The number of halogens is 2. The summed E-state index contributed by atoms with van der Waals surface area (Å²) in [5.41, 5.74) is 0.403. The lowest BCUT2D eigenvalue weighted by atomic mass is 9.73. The molecule has 8 heteroatoms. The summed E-state index contributed by atoms with van der Waals surface area (Å²) in [4.78, 5) is 27.8.